The molecule has 0 spiro atoms. The van der Waals surface area contributed by atoms with E-state index in [4.69, 9.17) is 9.47 Å². The number of ether oxygens (including phenoxy) is 3. The molecule has 2 rings (SSSR count). The third kappa shape index (κ3) is 5.94. The third-order valence-corrected chi connectivity index (χ3v) is 3.94. The Morgan fingerprint density at radius 2 is 1.60 bits per heavy atom. The highest BCUT2D eigenvalue weighted by molar-refractivity contribution is 6.06. The van der Waals surface area contributed by atoms with Crippen molar-refractivity contribution in [3.05, 3.63) is 57.6 Å². The maximum absolute atomic E-state index is 12.7. The summed E-state index contributed by atoms with van der Waals surface area (Å²) in [5.74, 6) is -0.350. The summed E-state index contributed by atoms with van der Waals surface area (Å²) in [5.41, 5.74) is -0.113. The predicted molar refractivity (Wildman–Crippen MR) is 110 cm³/mol. The van der Waals surface area contributed by atoms with Crippen molar-refractivity contribution in [2.45, 2.75) is 26.7 Å². The molecule has 0 heterocycles. The second kappa shape index (κ2) is 10.8. The summed E-state index contributed by atoms with van der Waals surface area (Å²) in [6, 6.07) is 8.33. The lowest BCUT2D eigenvalue weighted by atomic mass is 10.1. The molecular formula is C21H24N2O7. The van der Waals surface area contributed by atoms with Crippen LogP contribution in [0, 0.1) is 10.1 Å². The first-order valence-electron chi connectivity index (χ1n) is 9.48. The van der Waals surface area contributed by atoms with Gasteiger partial charge >= 0.3 is 5.97 Å². The molecule has 0 aliphatic carbocycles. The van der Waals surface area contributed by atoms with Crippen molar-refractivity contribution >= 4 is 23.3 Å². The molecule has 9 heteroatoms. The zero-order valence-electron chi connectivity index (χ0n) is 17.1. The fourth-order valence-electron chi connectivity index (χ4n) is 2.53. The van der Waals surface area contributed by atoms with E-state index in [1.54, 1.807) is 18.2 Å². The number of non-ortho nitro benzene ring substituents is 1. The van der Waals surface area contributed by atoms with E-state index in [2.05, 4.69) is 10.1 Å². The van der Waals surface area contributed by atoms with Crippen LogP contribution < -0.4 is 14.8 Å². The van der Waals surface area contributed by atoms with Gasteiger partial charge in [0.15, 0.2) is 11.5 Å². The van der Waals surface area contributed by atoms with Gasteiger partial charge in [0.05, 0.1) is 30.8 Å². The summed E-state index contributed by atoms with van der Waals surface area (Å²) >= 11 is 0. The monoisotopic (exact) mass is 416 g/mol. The minimum Gasteiger partial charge on any atom is -0.490 e. The number of hydrogen-bond donors (Lipinski definition) is 1. The third-order valence-electron chi connectivity index (χ3n) is 3.94. The molecule has 0 aromatic heterocycles. The quantitative estimate of drug-likeness (QED) is 0.350. The molecule has 0 aliphatic heterocycles. The number of nitro benzene ring substituents is 1. The van der Waals surface area contributed by atoms with E-state index in [0.29, 0.717) is 30.4 Å². The SMILES string of the molecule is CCCOc1ccc(NC(=O)c2cc(C(=O)OC)cc([N+](=O)[O-])c2)cc1OCCC. The van der Waals surface area contributed by atoms with Crippen LogP contribution >= 0.6 is 0 Å². The van der Waals surface area contributed by atoms with Crippen LogP contribution in [0.2, 0.25) is 0 Å². The van der Waals surface area contributed by atoms with Crippen LogP contribution in [0.5, 0.6) is 11.5 Å². The number of nitro groups is 1. The Morgan fingerprint density at radius 1 is 0.967 bits per heavy atom. The van der Waals surface area contributed by atoms with Gasteiger partial charge in [0.25, 0.3) is 11.6 Å². The van der Waals surface area contributed by atoms with Crippen molar-refractivity contribution in [2.24, 2.45) is 0 Å². The molecule has 0 unspecified atom stereocenters. The van der Waals surface area contributed by atoms with Gasteiger partial charge in [-0.05, 0) is 31.0 Å². The fraction of sp³-hybridized carbons (Fsp3) is 0.333. The minimum atomic E-state index is -0.777. The molecule has 1 N–H and O–H groups in total. The van der Waals surface area contributed by atoms with Gasteiger partial charge in [-0.25, -0.2) is 4.79 Å². The topological polar surface area (TPSA) is 117 Å². The maximum Gasteiger partial charge on any atom is 0.338 e. The van der Waals surface area contributed by atoms with Crippen LogP contribution in [0.1, 0.15) is 47.4 Å². The number of methoxy groups -OCH3 is 1. The highest BCUT2D eigenvalue weighted by Gasteiger charge is 2.19. The molecule has 160 valence electrons. The van der Waals surface area contributed by atoms with Crippen molar-refractivity contribution in [1.82, 2.24) is 0 Å². The summed E-state index contributed by atoms with van der Waals surface area (Å²) in [6.07, 6.45) is 1.63. The number of nitrogens with zero attached hydrogens (tertiary/aromatic N) is 1. The van der Waals surface area contributed by atoms with Gasteiger partial charge in [0.1, 0.15) is 0 Å². The van der Waals surface area contributed by atoms with Crippen LogP contribution in [0.4, 0.5) is 11.4 Å². The van der Waals surface area contributed by atoms with Crippen LogP contribution in [0.15, 0.2) is 36.4 Å². The molecule has 0 aliphatic rings. The Labute approximate surface area is 174 Å². The Bertz CT molecular complexity index is 928. The molecule has 0 saturated heterocycles. The van der Waals surface area contributed by atoms with Crippen LogP contribution in [-0.4, -0.2) is 37.1 Å². The summed E-state index contributed by atoms with van der Waals surface area (Å²) in [6.45, 7) is 4.97. The summed E-state index contributed by atoms with van der Waals surface area (Å²) in [4.78, 5) is 34.9. The normalized spacial score (nSPS) is 10.2. The van der Waals surface area contributed by atoms with E-state index in [-0.39, 0.29) is 11.1 Å². The highest BCUT2D eigenvalue weighted by atomic mass is 16.6. The Balaban J connectivity index is 2.31. The number of benzene rings is 2. The first-order valence-corrected chi connectivity index (χ1v) is 9.48. The van der Waals surface area contributed by atoms with Crippen molar-refractivity contribution in [1.29, 1.82) is 0 Å². The molecule has 0 radical (unpaired) electrons. The molecule has 0 bridgehead atoms. The van der Waals surface area contributed by atoms with E-state index in [1.807, 2.05) is 13.8 Å². The van der Waals surface area contributed by atoms with E-state index in [0.717, 1.165) is 32.1 Å². The molecule has 0 saturated carbocycles. The lowest BCUT2D eigenvalue weighted by Crippen LogP contribution is -2.14. The Kier molecular flexibility index (Phi) is 8.16. The predicted octanol–water partition coefficient (Wildman–Crippen LogP) is 4.21. The van der Waals surface area contributed by atoms with E-state index < -0.39 is 22.5 Å². The van der Waals surface area contributed by atoms with Crippen molar-refractivity contribution in [2.75, 3.05) is 25.6 Å². The molecule has 2 aromatic rings. The summed E-state index contributed by atoms with van der Waals surface area (Å²) in [5, 5.41) is 13.8. The van der Waals surface area contributed by atoms with E-state index in [9.17, 15) is 19.7 Å². The first-order chi connectivity index (χ1) is 14.4. The number of hydrogen-bond acceptors (Lipinski definition) is 7. The van der Waals surface area contributed by atoms with E-state index in [1.165, 1.54) is 6.07 Å². The Hall–Kier alpha value is -3.62. The first kappa shape index (κ1) is 22.7. The molecule has 9 nitrogen and oxygen atoms in total. The fourth-order valence-corrected chi connectivity index (χ4v) is 2.53. The highest BCUT2D eigenvalue weighted by Crippen LogP contribution is 2.31. The average Bonchev–Trinajstić information content (AvgIpc) is 2.75. The van der Waals surface area contributed by atoms with Crippen LogP contribution in [0.25, 0.3) is 0 Å². The van der Waals surface area contributed by atoms with Crippen LogP contribution in [-0.2, 0) is 4.74 Å². The smallest absolute Gasteiger partial charge is 0.338 e. The zero-order valence-corrected chi connectivity index (χ0v) is 17.1. The lowest BCUT2D eigenvalue weighted by molar-refractivity contribution is -0.384. The number of carbonyl (C=O) groups is 2. The van der Waals surface area contributed by atoms with Gasteiger partial charge in [-0.3, -0.25) is 14.9 Å². The van der Waals surface area contributed by atoms with Crippen LogP contribution in [0.3, 0.4) is 0 Å². The number of rotatable bonds is 10. The molecule has 0 atom stereocenters. The molecular weight excluding hydrogens is 392 g/mol. The second-order valence-corrected chi connectivity index (χ2v) is 6.33. The zero-order chi connectivity index (χ0) is 22.1. The molecule has 0 fully saturated rings. The van der Waals surface area contributed by atoms with Crippen molar-refractivity contribution in [3.8, 4) is 11.5 Å². The van der Waals surface area contributed by atoms with Crippen molar-refractivity contribution in [3.63, 3.8) is 0 Å². The molecule has 2 aromatic carbocycles. The summed E-state index contributed by atoms with van der Waals surface area (Å²) in [7, 11) is 1.15. The molecule has 30 heavy (non-hydrogen) atoms. The largest absolute Gasteiger partial charge is 0.490 e. The number of anilines is 1. The van der Waals surface area contributed by atoms with Gasteiger partial charge in [0.2, 0.25) is 0 Å². The number of nitrogens with one attached hydrogen (secondary N) is 1. The van der Waals surface area contributed by atoms with Crippen molar-refractivity contribution < 1.29 is 28.7 Å². The maximum atomic E-state index is 12.7. The second-order valence-electron chi connectivity index (χ2n) is 6.33. The van der Waals surface area contributed by atoms with Gasteiger partial charge in [-0.2, -0.15) is 0 Å². The van der Waals surface area contributed by atoms with Gasteiger partial charge < -0.3 is 19.5 Å². The number of esters is 1. The lowest BCUT2D eigenvalue weighted by Gasteiger charge is -2.14. The Morgan fingerprint density at radius 3 is 2.20 bits per heavy atom. The average molecular weight is 416 g/mol. The van der Waals surface area contributed by atoms with Gasteiger partial charge in [-0.15, -0.1) is 0 Å². The summed E-state index contributed by atoms with van der Waals surface area (Å²) < 4.78 is 16.0. The van der Waals surface area contributed by atoms with Gasteiger partial charge in [-0.1, -0.05) is 13.8 Å². The number of carbonyl (C=O) groups excluding carboxylic acids is 2. The van der Waals surface area contributed by atoms with Gasteiger partial charge in [0, 0.05) is 29.4 Å². The number of amides is 1. The minimum absolute atomic E-state index is 0.0491. The van der Waals surface area contributed by atoms with E-state index >= 15 is 0 Å². The molecule has 1 amide bonds. The standard InChI is InChI=1S/C21H24N2O7/c1-4-8-29-18-7-6-16(13-19(18)30-9-5-2)22-20(24)14-10-15(21(25)28-3)12-17(11-14)23(26)27/h6-7,10-13H,4-5,8-9H2,1-3H3,(H,22,24).